The number of aryl methyl sites for hydroxylation is 1. The second-order valence-electron chi connectivity index (χ2n) is 6.55. The Morgan fingerprint density at radius 2 is 2.25 bits per heavy atom. The van der Waals surface area contributed by atoms with Crippen molar-refractivity contribution in [1.82, 2.24) is 15.1 Å². The first-order valence-corrected chi connectivity index (χ1v) is 8.44. The second-order valence-corrected chi connectivity index (χ2v) is 6.55. The number of fused-ring (bicyclic) bond motifs is 1. The van der Waals surface area contributed by atoms with Gasteiger partial charge in [0.2, 0.25) is 0 Å². The fourth-order valence-corrected chi connectivity index (χ4v) is 3.61. The molecular weight excluding hydrogens is 302 g/mol. The van der Waals surface area contributed by atoms with Crippen molar-refractivity contribution < 1.29 is 9.53 Å². The summed E-state index contributed by atoms with van der Waals surface area (Å²) in [6, 6.07) is 7.82. The van der Waals surface area contributed by atoms with Crippen LogP contribution in [0.15, 0.2) is 36.0 Å². The van der Waals surface area contributed by atoms with E-state index in [-0.39, 0.29) is 5.91 Å². The van der Waals surface area contributed by atoms with Crippen LogP contribution in [0.2, 0.25) is 0 Å². The summed E-state index contributed by atoms with van der Waals surface area (Å²) in [5.74, 6) is 1.27. The average Bonchev–Trinajstić information content (AvgIpc) is 3.07. The predicted octanol–water partition coefficient (Wildman–Crippen LogP) is 2.90. The van der Waals surface area contributed by atoms with E-state index < -0.39 is 0 Å². The van der Waals surface area contributed by atoms with Gasteiger partial charge in [0.15, 0.2) is 0 Å². The monoisotopic (exact) mass is 323 g/mol. The molecule has 0 aliphatic carbocycles. The van der Waals surface area contributed by atoms with Crippen LogP contribution in [0.5, 0.6) is 5.75 Å². The number of carbonyl (C=O) groups is 1. The SMILES string of the molecule is Cc1cn[nH]c1[C@H]1CCCN(C(=O)C2=Cc3ccccc3OC2)C1. The van der Waals surface area contributed by atoms with Crippen molar-refractivity contribution in [3.05, 3.63) is 52.9 Å². The molecule has 24 heavy (non-hydrogen) atoms. The number of nitrogens with zero attached hydrogens (tertiary/aromatic N) is 2. The molecule has 5 heteroatoms. The van der Waals surface area contributed by atoms with E-state index in [0.29, 0.717) is 12.5 Å². The van der Waals surface area contributed by atoms with Crippen LogP contribution in [0.1, 0.15) is 35.6 Å². The number of para-hydroxylation sites is 1. The van der Waals surface area contributed by atoms with E-state index >= 15 is 0 Å². The highest BCUT2D eigenvalue weighted by Crippen LogP contribution is 2.30. The fraction of sp³-hybridized carbons (Fsp3) is 0.368. The second kappa shape index (κ2) is 6.15. The Kier molecular flexibility index (Phi) is 3.84. The number of H-pyrrole nitrogens is 1. The summed E-state index contributed by atoms with van der Waals surface area (Å²) in [6.07, 6.45) is 5.92. The fourth-order valence-electron chi connectivity index (χ4n) is 3.61. The lowest BCUT2D eigenvalue weighted by molar-refractivity contribution is -0.128. The Morgan fingerprint density at radius 1 is 1.38 bits per heavy atom. The van der Waals surface area contributed by atoms with Gasteiger partial charge < -0.3 is 9.64 Å². The standard InChI is InChI=1S/C19H21N3O2/c1-13-10-20-21-18(13)15-6-4-8-22(11-15)19(23)16-9-14-5-2-3-7-17(14)24-12-16/h2-3,5,7,9-10,15H,4,6,8,11-12H2,1H3,(H,20,21)/t15-/m0/s1. The van der Waals surface area contributed by atoms with Gasteiger partial charge in [0.05, 0.1) is 11.8 Å². The Bertz CT molecular complexity index is 793. The molecule has 1 saturated heterocycles. The number of amides is 1. The molecule has 4 rings (SSSR count). The Morgan fingerprint density at radius 3 is 3.08 bits per heavy atom. The van der Waals surface area contributed by atoms with Crippen molar-refractivity contribution in [2.75, 3.05) is 19.7 Å². The summed E-state index contributed by atoms with van der Waals surface area (Å²) >= 11 is 0. The maximum Gasteiger partial charge on any atom is 0.253 e. The molecule has 2 aliphatic heterocycles. The molecule has 1 fully saturated rings. The number of aromatic nitrogens is 2. The number of nitrogens with one attached hydrogen (secondary N) is 1. The van der Waals surface area contributed by atoms with E-state index in [1.54, 1.807) is 0 Å². The van der Waals surface area contributed by atoms with Crippen LogP contribution in [0.25, 0.3) is 6.08 Å². The van der Waals surface area contributed by atoms with Crippen molar-refractivity contribution in [3.63, 3.8) is 0 Å². The first-order valence-electron chi connectivity index (χ1n) is 8.44. The van der Waals surface area contributed by atoms with Gasteiger partial charge in [-0.05, 0) is 37.5 Å². The number of aromatic amines is 1. The van der Waals surface area contributed by atoms with E-state index in [1.807, 2.05) is 41.4 Å². The molecule has 0 saturated carbocycles. The smallest absolute Gasteiger partial charge is 0.253 e. The minimum absolute atomic E-state index is 0.0892. The van der Waals surface area contributed by atoms with Crippen LogP contribution < -0.4 is 4.74 Å². The lowest BCUT2D eigenvalue weighted by Crippen LogP contribution is -2.41. The van der Waals surface area contributed by atoms with Crippen LogP contribution in [-0.2, 0) is 4.79 Å². The van der Waals surface area contributed by atoms with Crippen LogP contribution in [-0.4, -0.2) is 40.7 Å². The number of carbonyl (C=O) groups excluding carboxylic acids is 1. The highest BCUT2D eigenvalue weighted by molar-refractivity contribution is 5.99. The minimum Gasteiger partial charge on any atom is -0.488 e. The van der Waals surface area contributed by atoms with Crippen molar-refractivity contribution in [1.29, 1.82) is 0 Å². The summed E-state index contributed by atoms with van der Waals surface area (Å²) in [4.78, 5) is 14.9. The van der Waals surface area contributed by atoms with E-state index in [9.17, 15) is 4.79 Å². The molecule has 3 heterocycles. The minimum atomic E-state index is 0.0892. The molecule has 5 nitrogen and oxygen atoms in total. The van der Waals surface area contributed by atoms with E-state index in [2.05, 4.69) is 17.1 Å². The maximum absolute atomic E-state index is 12.9. The van der Waals surface area contributed by atoms with Gasteiger partial charge in [-0.3, -0.25) is 9.89 Å². The molecule has 1 aromatic carbocycles. The third kappa shape index (κ3) is 2.70. The number of ether oxygens (including phenoxy) is 1. The lowest BCUT2D eigenvalue weighted by Gasteiger charge is -2.33. The Balaban J connectivity index is 1.53. The highest BCUT2D eigenvalue weighted by atomic mass is 16.5. The Labute approximate surface area is 141 Å². The van der Waals surface area contributed by atoms with Gasteiger partial charge in [-0.15, -0.1) is 0 Å². The van der Waals surface area contributed by atoms with Crippen LogP contribution in [0.4, 0.5) is 0 Å². The molecule has 0 bridgehead atoms. The molecule has 1 amide bonds. The van der Waals surface area contributed by atoms with Crippen molar-refractivity contribution in [2.24, 2.45) is 0 Å². The number of hydrogen-bond acceptors (Lipinski definition) is 3. The summed E-state index contributed by atoms with van der Waals surface area (Å²) in [7, 11) is 0. The lowest BCUT2D eigenvalue weighted by atomic mass is 9.92. The zero-order valence-corrected chi connectivity index (χ0v) is 13.8. The van der Waals surface area contributed by atoms with Crippen LogP contribution >= 0.6 is 0 Å². The summed E-state index contributed by atoms with van der Waals surface area (Å²) in [5.41, 5.74) is 4.04. The van der Waals surface area contributed by atoms with Gasteiger partial charge in [-0.1, -0.05) is 18.2 Å². The zero-order chi connectivity index (χ0) is 16.5. The van der Waals surface area contributed by atoms with Gasteiger partial charge in [-0.2, -0.15) is 5.10 Å². The van der Waals surface area contributed by atoms with Gasteiger partial charge in [0, 0.05) is 30.3 Å². The first kappa shape index (κ1) is 15.0. The Hall–Kier alpha value is -2.56. The third-order valence-corrected chi connectivity index (χ3v) is 4.89. The molecule has 1 N–H and O–H groups in total. The number of benzene rings is 1. The van der Waals surface area contributed by atoms with E-state index in [4.69, 9.17) is 4.74 Å². The third-order valence-electron chi connectivity index (χ3n) is 4.89. The van der Waals surface area contributed by atoms with E-state index in [1.165, 1.54) is 5.56 Å². The van der Waals surface area contributed by atoms with E-state index in [0.717, 1.165) is 48.5 Å². The molecule has 0 spiro atoms. The maximum atomic E-state index is 12.9. The van der Waals surface area contributed by atoms with Gasteiger partial charge in [0.25, 0.3) is 5.91 Å². The number of piperidine rings is 1. The summed E-state index contributed by atoms with van der Waals surface area (Å²) in [5, 5.41) is 7.22. The topological polar surface area (TPSA) is 58.2 Å². The zero-order valence-electron chi connectivity index (χ0n) is 13.8. The predicted molar refractivity (Wildman–Crippen MR) is 91.8 cm³/mol. The van der Waals surface area contributed by atoms with Crippen LogP contribution in [0, 0.1) is 6.92 Å². The first-order chi connectivity index (χ1) is 11.7. The molecular formula is C19H21N3O2. The number of hydrogen-bond donors (Lipinski definition) is 1. The van der Waals surface area contributed by atoms with Crippen molar-refractivity contribution >= 4 is 12.0 Å². The quantitative estimate of drug-likeness (QED) is 0.924. The summed E-state index contributed by atoms with van der Waals surface area (Å²) < 4.78 is 5.73. The highest BCUT2D eigenvalue weighted by Gasteiger charge is 2.29. The molecule has 0 unspecified atom stereocenters. The normalized spacial score (nSPS) is 20.1. The molecule has 124 valence electrons. The molecule has 2 aliphatic rings. The van der Waals surface area contributed by atoms with Crippen molar-refractivity contribution in [3.8, 4) is 5.75 Å². The van der Waals surface area contributed by atoms with Gasteiger partial charge >= 0.3 is 0 Å². The van der Waals surface area contributed by atoms with Crippen LogP contribution in [0.3, 0.4) is 0 Å². The number of likely N-dealkylation sites (tertiary alicyclic amines) is 1. The van der Waals surface area contributed by atoms with Gasteiger partial charge in [0.1, 0.15) is 12.4 Å². The molecule has 2 aromatic rings. The molecule has 1 atom stereocenters. The average molecular weight is 323 g/mol. The number of rotatable bonds is 2. The molecule has 0 radical (unpaired) electrons. The van der Waals surface area contributed by atoms with Gasteiger partial charge in [-0.25, -0.2) is 0 Å². The molecule has 1 aromatic heterocycles. The largest absolute Gasteiger partial charge is 0.488 e. The van der Waals surface area contributed by atoms with Crippen molar-refractivity contribution in [2.45, 2.75) is 25.7 Å². The summed E-state index contributed by atoms with van der Waals surface area (Å²) in [6.45, 7) is 3.95.